The van der Waals surface area contributed by atoms with Crippen molar-refractivity contribution in [3.05, 3.63) is 34.9 Å². The Morgan fingerprint density at radius 3 is 1.15 bits per heavy atom. The van der Waals surface area contributed by atoms with Gasteiger partial charge in [-0.05, 0) is 40.0 Å². The summed E-state index contributed by atoms with van der Waals surface area (Å²) in [7, 11) is -3.60. The zero-order valence-corrected chi connectivity index (χ0v) is 18.6. The molecule has 4 nitrogen and oxygen atoms in total. The first kappa shape index (κ1) is 25.3. The highest BCUT2D eigenvalue weighted by molar-refractivity contribution is 7.48. The molecule has 0 radical (unpaired) electrons. The Balaban J connectivity index is 4.86. The summed E-state index contributed by atoms with van der Waals surface area (Å²) >= 11 is 0. The van der Waals surface area contributed by atoms with Crippen molar-refractivity contribution in [2.24, 2.45) is 0 Å². The van der Waals surface area contributed by atoms with E-state index in [2.05, 4.69) is 39.0 Å². The fourth-order valence-electron chi connectivity index (χ4n) is 2.00. The van der Waals surface area contributed by atoms with Gasteiger partial charge >= 0.3 is 7.82 Å². The summed E-state index contributed by atoms with van der Waals surface area (Å²) in [5, 5.41) is 0. The molecule has 0 aromatic carbocycles. The van der Waals surface area contributed by atoms with Gasteiger partial charge in [0.15, 0.2) is 0 Å². The topological polar surface area (TPSA) is 44.8 Å². The number of unbranched alkanes of at least 4 members (excludes halogenated alkanes) is 3. The van der Waals surface area contributed by atoms with Gasteiger partial charge in [-0.1, -0.05) is 75.0 Å². The third kappa shape index (κ3) is 13.5. The standard InChI is InChI=1S/C21H39O4P/c1-7-10-13-19(4)16-23-26(22,24-17-20(5)14-11-8-2)25-18-21(6)15-12-9-3/h13-15H,7-12,16-18H2,1-6H3/b19-13+,20-14+,21-15+. The molecule has 26 heavy (non-hydrogen) atoms. The van der Waals surface area contributed by atoms with Gasteiger partial charge in [0.1, 0.15) is 0 Å². The van der Waals surface area contributed by atoms with Gasteiger partial charge in [-0.15, -0.1) is 0 Å². The Morgan fingerprint density at radius 1 is 0.654 bits per heavy atom. The monoisotopic (exact) mass is 386 g/mol. The fraction of sp³-hybridized carbons (Fsp3) is 0.714. The summed E-state index contributed by atoms with van der Waals surface area (Å²) in [6, 6.07) is 0. The average Bonchev–Trinajstić information content (AvgIpc) is 2.64. The number of phosphoric ester groups is 1. The molecule has 0 aromatic heterocycles. The molecule has 0 bridgehead atoms. The van der Waals surface area contributed by atoms with E-state index in [0.717, 1.165) is 55.2 Å². The normalized spacial score (nSPS) is 14.2. The Kier molecular flexibility index (Phi) is 15.0. The maximum atomic E-state index is 13.0. The molecule has 0 aliphatic rings. The third-order valence-corrected chi connectivity index (χ3v) is 5.03. The molecule has 0 N–H and O–H groups in total. The minimum absolute atomic E-state index is 0.257. The highest BCUT2D eigenvalue weighted by Gasteiger charge is 2.27. The predicted octanol–water partition coefficient (Wildman–Crippen LogP) is 7.38. The minimum atomic E-state index is -3.60. The Hall–Kier alpha value is -0.670. The molecule has 152 valence electrons. The first-order valence-electron chi connectivity index (χ1n) is 9.87. The first-order valence-corrected chi connectivity index (χ1v) is 11.3. The molecular weight excluding hydrogens is 347 g/mol. The SMILES string of the molecule is CCC/C=C(\C)COP(=O)(OC/C(C)=C/CCC)OC/C(C)=C/CCC. The number of hydrogen-bond donors (Lipinski definition) is 0. The van der Waals surface area contributed by atoms with E-state index in [-0.39, 0.29) is 19.8 Å². The van der Waals surface area contributed by atoms with Crippen molar-refractivity contribution in [3.8, 4) is 0 Å². The van der Waals surface area contributed by atoms with Gasteiger partial charge in [-0.25, -0.2) is 4.57 Å². The van der Waals surface area contributed by atoms with Gasteiger partial charge in [0.25, 0.3) is 0 Å². The second-order valence-electron chi connectivity index (χ2n) is 6.78. The lowest BCUT2D eigenvalue weighted by molar-refractivity contribution is 0.134. The highest BCUT2D eigenvalue weighted by atomic mass is 31.2. The van der Waals surface area contributed by atoms with E-state index in [1.54, 1.807) is 0 Å². The third-order valence-electron chi connectivity index (χ3n) is 3.70. The molecule has 0 rings (SSSR count). The summed E-state index contributed by atoms with van der Waals surface area (Å²) in [6.07, 6.45) is 12.5. The van der Waals surface area contributed by atoms with Crippen molar-refractivity contribution >= 4 is 7.82 Å². The van der Waals surface area contributed by atoms with Crippen LogP contribution in [0.4, 0.5) is 0 Å². The molecule has 0 spiro atoms. The molecule has 0 aliphatic heterocycles. The van der Waals surface area contributed by atoms with Crippen molar-refractivity contribution in [2.75, 3.05) is 19.8 Å². The largest absolute Gasteiger partial charge is 0.475 e. The van der Waals surface area contributed by atoms with Crippen molar-refractivity contribution in [3.63, 3.8) is 0 Å². The van der Waals surface area contributed by atoms with Crippen LogP contribution < -0.4 is 0 Å². The van der Waals surface area contributed by atoms with Crippen LogP contribution in [-0.2, 0) is 18.1 Å². The fourth-order valence-corrected chi connectivity index (χ4v) is 3.31. The Morgan fingerprint density at radius 2 is 0.923 bits per heavy atom. The summed E-state index contributed by atoms with van der Waals surface area (Å²) in [4.78, 5) is 0. The quantitative estimate of drug-likeness (QED) is 0.217. The number of hydrogen-bond acceptors (Lipinski definition) is 4. The van der Waals surface area contributed by atoms with Crippen LogP contribution in [0, 0.1) is 0 Å². The molecule has 0 unspecified atom stereocenters. The molecule has 0 aromatic rings. The molecule has 0 atom stereocenters. The van der Waals surface area contributed by atoms with Crippen LogP contribution in [0.5, 0.6) is 0 Å². The molecule has 0 fully saturated rings. The van der Waals surface area contributed by atoms with Gasteiger partial charge in [0, 0.05) is 0 Å². The van der Waals surface area contributed by atoms with Crippen LogP contribution in [-0.4, -0.2) is 19.8 Å². The molecule has 0 saturated heterocycles. The summed E-state index contributed by atoms with van der Waals surface area (Å²) in [5.41, 5.74) is 3.11. The molecular formula is C21H39O4P. The summed E-state index contributed by atoms with van der Waals surface area (Å²) in [6.45, 7) is 13.1. The van der Waals surface area contributed by atoms with E-state index in [1.165, 1.54) is 0 Å². The van der Waals surface area contributed by atoms with E-state index < -0.39 is 7.82 Å². The smallest absolute Gasteiger partial charge is 0.282 e. The van der Waals surface area contributed by atoms with Gasteiger partial charge in [0.2, 0.25) is 0 Å². The van der Waals surface area contributed by atoms with Crippen LogP contribution in [0.25, 0.3) is 0 Å². The van der Waals surface area contributed by atoms with Crippen molar-refractivity contribution in [1.29, 1.82) is 0 Å². The molecule has 5 heteroatoms. The van der Waals surface area contributed by atoms with Gasteiger partial charge in [-0.2, -0.15) is 0 Å². The van der Waals surface area contributed by atoms with Crippen LogP contribution in [0.3, 0.4) is 0 Å². The van der Waals surface area contributed by atoms with E-state index in [9.17, 15) is 4.57 Å². The Bertz CT molecular complexity index is 435. The van der Waals surface area contributed by atoms with E-state index in [4.69, 9.17) is 13.6 Å². The minimum Gasteiger partial charge on any atom is -0.282 e. The second-order valence-corrected chi connectivity index (χ2v) is 8.45. The van der Waals surface area contributed by atoms with Gasteiger partial charge < -0.3 is 0 Å². The van der Waals surface area contributed by atoms with Crippen molar-refractivity contribution < 1.29 is 18.1 Å². The maximum Gasteiger partial charge on any atom is 0.475 e. The average molecular weight is 387 g/mol. The number of allylic oxidation sites excluding steroid dienone is 3. The lowest BCUT2D eigenvalue weighted by Gasteiger charge is -2.19. The van der Waals surface area contributed by atoms with Crippen LogP contribution in [0.2, 0.25) is 0 Å². The summed E-state index contributed by atoms with van der Waals surface area (Å²) in [5.74, 6) is 0. The van der Waals surface area contributed by atoms with Crippen molar-refractivity contribution in [1.82, 2.24) is 0 Å². The molecule has 0 aliphatic carbocycles. The zero-order valence-electron chi connectivity index (χ0n) is 17.7. The van der Waals surface area contributed by atoms with Crippen LogP contribution >= 0.6 is 7.82 Å². The predicted molar refractivity (Wildman–Crippen MR) is 111 cm³/mol. The number of rotatable bonds is 15. The van der Waals surface area contributed by atoms with Crippen LogP contribution in [0.1, 0.15) is 80.1 Å². The van der Waals surface area contributed by atoms with Crippen LogP contribution in [0.15, 0.2) is 34.9 Å². The number of phosphoric acid groups is 1. The second kappa shape index (κ2) is 15.4. The highest BCUT2D eigenvalue weighted by Crippen LogP contribution is 2.50. The van der Waals surface area contributed by atoms with Gasteiger partial charge in [0.05, 0.1) is 19.8 Å². The lowest BCUT2D eigenvalue weighted by Crippen LogP contribution is -2.06. The van der Waals surface area contributed by atoms with E-state index in [0.29, 0.717) is 0 Å². The molecule has 0 amide bonds. The van der Waals surface area contributed by atoms with Gasteiger partial charge in [-0.3, -0.25) is 13.6 Å². The van der Waals surface area contributed by atoms with Crippen molar-refractivity contribution in [2.45, 2.75) is 80.1 Å². The lowest BCUT2D eigenvalue weighted by atomic mass is 10.2. The molecule has 0 heterocycles. The summed E-state index contributed by atoms with van der Waals surface area (Å²) < 4.78 is 29.8. The van der Waals surface area contributed by atoms with E-state index >= 15 is 0 Å². The zero-order chi connectivity index (χ0) is 19.8. The first-order chi connectivity index (χ1) is 12.4. The molecule has 0 saturated carbocycles. The Labute approximate surface area is 161 Å². The van der Waals surface area contributed by atoms with E-state index in [1.807, 2.05) is 20.8 Å². The maximum absolute atomic E-state index is 13.0.